The van der Waals surface area contributed by atoms with E-state index in [2.05, 4.69) is 0 Å². The quantitative estimate of drug-likeness (QED) is 0.642. The smallest absolute Gasteiger partial charge is 0.335 e. The van der Waals surface area contributed by atoms with Crippen LogP contribution >= 0.6 is 0 Å². The summed E-state index contributed by atoms with van der Waals surface area (Å²) in [6, 6.07) is 3.53. The topological polar surface area (TPSA) is 97.7 Å². The first-order valence-electron chi connectivity index (χ1n) is 7.09. The van der Waals surface area contributed by atoms with Gasteiger partial charge >= 0.3 is 5.97 Å². The zero-order chi connectivity index (χ0) is 15.6. The molecule has 4 atom stereocenters. The minimum atomic E-state index is -1.37. The monoisotopic (exact) mass is 298 g/mol. The third-order valence-corrected chi connectivity index (χ3v) is 4.92. The van der Waals surface area contributed by atoms with Crippen LogP contribution in [0.15, 0.2) is 30.4 Å². The van der Waals surface area contributed by atoms with Crippen LogP contribution in [0.3, 0.4) is 0 Å². The standard InChI is InChI=1S/C16H13NO5/c18-11-4-3-9(6-10(11)16(21)22)17-14(19)12-7-1-2-8(5-7)13(12)15(17)20/h1-4,6-8,12-13,18H,5H2,(H,21,22)/p-1/t7-,8+,12-,13-/m0/s1. The van der Waals surface area contributed by atoms with Gasteiger partial charge in [0.25, 0.3) is 0 Å². The molecule has 2 amide bonds. The van der Waals surface area contributed by atoms with Crippen LogP contribution in [0.5, 0.6) is 5.75 Å². The van der Waals surface area contributed by atoms with Gasteiger partial charge < -0.3 is 10.2 Å². The number of carbonyl (C=O) groups excluding carboxylic acids is 2. The van der Waals surface area contributed by atoms with Gasteiger partial charge in [-0.15, -0.1) is 0 Å². The molecule has 0 radical (unpaired) electrons. The molecule has 112 valence electrons. The molecule has 22 heavy (non-hydrogen) atoms. The molecule has 1 heterocycles. The number of amides is 2. The summed E-state index contributed by atoms with van der Waals surface area (Å²) in [5.74, 6) is -3.09. The first-order chi connectivity index (χ1) is 10.5. The van der Waals surface area contributed by atoms with Crippen LogP contribution in [0.2, 0.25) is 0 Å². The average Bonchev–Trinajstić information content (AvgIpc) is 3.14. The fraction of sp³-hybridized carbons (Fsp3) is 0.312. The van der Waals surface area contributed by atoms with Gasteiger partial charge in [0.1, 0.15) is 0 Å². The summed E-state index contributed by atoms with van der Waals surface area (Å²) in [7, 11) is 0. The van der Waals surface area contributed by atoms with E-state index in [1.165, 1.54) is 6.07 Å². The summed E-state index contributed by atoms with van der Waals surface area (Å²) in [6.45, 7) is 0. The highest BCUT2D eigenvalue weighted by Gasteiger charge is 2.59. The number of carboxylic acid groups (broad SMARTS) is 1. The van der Waals surface area contributed by atoms with Crippen LogP contribution < -0.4 is 10.0 Å². The van der Waals surface area contributed by atoms with Crippen molar-refractivity contribution in [1.29, 1.82) is 0 Å². The molecule has 0 spiro atoms. The first-order valence-corrected chi connectivity index (χ1v) is 7.09. The average molecular weight is 298 g/mol. The number of allylic oxidation sites excluding steroid dienone is 2. The SMILES string of the molecule is O=C(O)c1cc(N2C(=O)[C@@H]3[C@@H](C2=O)[C@H]2C=C[C@@H]3C2)ccc1[O-]. The lowest BCUT2D eigenvalue weighted by atomic mass is 9.85. The Morgan fingerprint density at radius 3 is 2.27 bits per heavy atom. The Morgan fingerprint density at radius 2 is 1.73 bits per heavy atom. The molecule has 2 fully saturated rings. The van der Waals surface area contributed by atoms with Crippen LogP contribution in [0, 0.1) is 23.7 Å². The van der Waals surface area contributed by atoms with Crippen molar-refractivity contribution in [2.75, 3.05) is 4.90 Å². The van der Waals surface area contributed by atoms with Crippen LogP contribution in [0.1, 0.15) is 16.8 Å². The van der Waals surface area contributed by atoms with Gasteiger partial charge in [-0.3, -0.25) is 9.59 Å². The van der Waals surface area contributed by atoms with Crippen LogP contribution in [0.25, 0.3) is 0 Å². The number of imide groups is 1. The van der Waals surface area contributed by atoms with Crippen molar-refractivity contribution >= 4 is 23.5 Å². The fourth-order valence-electron chi connectivity index (χ4n) is 3.98. The molecular weight excluding hydrogens is 286 g/mol. The van der Waals surface area contributed by atoms with E-state index in [-0.39, 0.29) is 41.2 Å². The van der Waals surface area contributed by atoms with Crippen molar-refractivity contribution in [2.24, 2.45) is 23.7 Å². The van der Waals surface area contributed by atoms with E-state index in [1.54, 1.807) is 0 Å². The van der Waals surface area contributed by atoms with Crippen LogP contribution in [-0.4, -0.2) is 22.9 Å². The molecule has 0 aromatic heterocycles. The predicted octanol–water partition coefficient (Wildman–Crippen LogP) is 0.770. The van der Waals surface area contributed by atoms with Crippen molar-refractivity contribution in [3.05, 3.63) is 35.9 Å². The highest BCUT2D eigenvalue weighted by molar-refractivity contribution is 6.23. The van der Waals surface area contributed by atoms with E-state index in [1.807, 2.05) is 12.2 Å². The number of carbonyl (C=O) groups is 3. The molecule has 4 rings (SSSR count). The number of carboxylic acids is 1. The maximum absolute atomic E-state index is 12.6. The summed E-state index contributed by atoms with van der Waals surface area (Å²) in [5, 5.41) is 20.5. The number of fused-ring (bicyclic) bond motifs is 5. The van der Waals surface area contributed by atoms with Crippen molar-refractivity contribution in [3.63, 3.8) is 0 Å². The molecular formula is C16H12NO5-. The van der Waals surface area contributed by atoms with Crippen molar-refractivity contribution in [3.8, 4) is 5.75 Å². The summed E-state index contributed by atoms with van der Waals surface area (Å²) < 4.78 is 0. The first kappa shape index (κ1) is 13.1. The second-order valence-corrected chi connectivity index (χ2v) is 6.00. The molecule has 3 aliphatic rings. The molecule has 2 aliphatic carbocycles. The van der Waals surface area contributed by atoms with Gasteiger partial charge in [0.15, 0.2) is 0 Å². The molecule has 1 aromatic rings. The van der Waals surface area contributed by atoms with E-state index in [9.17, 15) is 19.5 Å². The molecule has 0 unspecified atom stereocenters. The fourth-order valence-corrected chi connectivity index (χ4v) is 3.98. The van der Waals surface area contributed by atoms with Gasteiger partial charge in [-0.2, -0.15) is 0 Å². The predicted molar refractivity (Wildman–Crippen MR) is 73.1 cm³/mol. The number of aromatic carboxylic acids is 1. The number of anilines is 1. The zero-order valence-electron chi connectivity index (χ0n) is 11.4. The molecule has 1 N–H and O–H groups in total. The Balaban J connectivity index is 1.76. The van der Waals surface area contributed by atoms with Crippen molar-refractivity contribution in [1.82, 2.24) is 0 Å². The maximum atomic E-state index is 12.6. The third-order valence-electron chi connectivity index (χ3n) is 4.92. The molecule has 1 aromatic carbocycles. The van der Waals surface area contributed by atoms with E-state index in [4.69, 9.17) is 5.11 Å². The maximum Gasteiger partial charge on any atom is 0.335 e. The lowest BCUT2D eigenvalue weighted by Crippen LogP contribution is -2.33. The number of nitrogens with zero attached hydrogens (tertiary/aromatic N) is 1. The van der Waals surface area contributed by atoms with Gasteiger partial charge in [-0.25, -0.2) is 9.69 Å². The van der Waals surface area contributed by atoms with E-state index in [0.717, 1.165) is 23.5 Å². The van der Waals surface area contributed by atoms with Crippen LogP contribution in [0.4, 0.5) is 5.69 Å². The normalized spacial score (nSPS) is 31.9. The second-order valence-electron chi connectivity index (χ2n) is 6.00. The highest BCUT2D eigenvalue weighted by Crippen LogP contribution is 2.53. The lowest BCUT2D eigenvalue weighted by molar-refractivity contribution is -0.268. The summed E-state index contributed by atoms with van der Waals surface area (Å²) in [6.07, 6.45) is 4.81. The molecule has 6 nitrogen and oxygen atoms in total. The minimum absolute atomic E-state index is 0.0918. The van der Waals surface area contributed by atoms with Crippen molar-refractivity contribution in [2.45, 2.75) is 6.42 Å². The zero-order valence-corrected chi connectivity index (χ0v) is 11.4. The number of hydrogen-bond donors (Lipinski definition) is 1. The molecule has 1 saturated carbocycles. The lowest BCUT2D eigenvalue weighted by Gasteiger charge is -2.19. The second kappa shape index (κ2) is 4.19. The Hall–Kier alpha value is -2.63. The summed E-state index contributed by atoms with van der Waals surface area (Å²) in [4.78, 5) is 37.3. The highest BCUT2D eigenvalue weighted by atomic mass is 16.4. The van der Waals surface area contributed by atoms with Crippen molar-refractivity contribution < 1.29 is 24.6 Å². The van der Waals surface area contributed by atoms with Crippen LogP contribution in [-0.2, 0) is 9.59 Å². The van der Waals surface area contributed by atoms with E-state index >= 15 is 0 Å². The molecule has 6 heteroatoms. The Morgan fingerprint density at radius 1 is 1.14 bits per heavy atom. The molecule has 1 saturated heterocycles. The number of rotatable bonds is 2. The summed E-state index contributed by atoms with van der Waals surface area (Å²) >= 11 is 0. The minimum Gasteiger partial charge on any atom is -0.872 e. The summed E-state index contributed by atoms with van der Waals surface area (Å²) in [5.41, 5.74) is -0.267. The van der Waals surface area contributed by atoms with E-state index < -0.39 is 17.3 Å². The largest absolute Gasteiger partial charge is 0.872 e. The Kier molecular flexibility index (Phi) is 2.49. The van der Waals surface area contributed by atoms with Gasteiger partial charge in [0.2, 0.25) is 11.8 Å². The van der Waals surface area contributed by atoms with Gasteiger partial charge in [0.05, 0.1) is 23.1 Å². The molecule has 2 bridgehead atoms. The molecule has 1 aliphatic heterocycles. The van der Waals surface area contributed by atoms with Gasteiger partial charge in [-0.05, 0) is 30.4 Å². The Bertz CT molecular complexity index is 723. The number of hydrogen-bond acceptors (Lipinski definition) is 4. The van der Waals surface area contributed by atoms with E-state index in [0.29, 0.717) is 0 Å². The Labute approximate surface area is 125 Å². The van der Waals surface area contributed by atoms with Gasteiger partial charge in [0, 0.05) is 0 Å². The third kappa shape index (κ3) is 1.52. The van der Waals surface area contributed by atoms with Gasteiger partial charge in [-0.1, -0.05) is 24.0 Å². The number of benzene rings is 1.